The zero-order valence-electron chi connectivity index (χ0n) is 12.1. The van der Waals surface area contributed by atoms with Crippen LogP contribution in [0.4, 0.5) is 4.39 Å². The van der Waals surface area contributed by atoms with E-state index in [0.717, 1.165) is 11.5 Å². The van der Waals surface area contributed by atoms with Crippen LogP contribution in [0.2, 0.25) is 0 Å². The molecule has 2 aromatic rings. The SMILES string of the molecule is Cc1ccc(CN(C)C(c2ccccc2F)C(C)N)o1. The Balaban J connectivity index is 2.22. The van der Waals surface area contributed by atoms with Gasteiger partial charge in [0.15, 0.2) is 0 Å². The lowest BCUT2D eigenvalue weighted by atomic mass is 9.99. The molecule has 0 radical (unpaired) electrons. The van der Waals surface area contributed by atoms with Crippen molar-refractivity contribution >= 4 is 0 Å². The van der Waals surface area contributed by atoms with Crippen LogP contribution < -0.4 is 5.73 Å². The van der Waals surface area contributed by atoms with E-state index < -0.39 is 0 Å². The molecule has 2 rings (SSSR count). The number of hydrogen-bond donors (Lipinski definition) is 1. The molecule has 1 heterocycles. The van der Waals surface area contributed by atoms with Crippen LogP contribution in [0.15, 0.2) is 40.8 Å². The van der Waals surface area contributed by atoms with Crippen molar-refractivity contribution in [2.24, 2.45) is 5.73 Å². The monoisotopic (exact) mass is 276 g/mol. The van der Waals surface area contributed by atoms with Crippen LogP contribution in [-0.4, -0.2) is 18.0 Å². The van der Waals surface area contributed by atoms with E-state index in [1.165, 1.54) is 6.07 Å². The van der Waals surface area contributed by atoms with Gasteiger partial charge in [-0.2, -0.15) is 0 Å². The van der Waals surface area contributed by atoms with E-state index >= 15 is 0 Å². The highest BCUT2D eigenvalue weighted by Gasteiger charge is 2.24. The first-order valence-electron chi connectivity index (χ1n) is 6.74. The Bertz CT molecular complexity index is 565. The molecule has 0 aliphatic heterocycles. The predicted octanol–water partition coefficient (Wildman–Crippen LogP) is 3.25. The number of likely N-dealkylation sites (N-methyl/N-ethyl adjacent to an activating group) is 1. The van der Waals surface area contributed by atoms with Gasteiger partial charge in [0.1, 0.15) is 17.3 Å². The van der Waals surface area contributed by atoms with Gasteiger partial charge in [-0.15, -0.1) is 0 Å². The maximum atomic E-state index is 14.0. The molecule has 2 unspecified atom stereocenters. The third-order valence-electron chi connectivity index (χ3n) is 3.40. The molecular weight excluding hydrogens is 255 g/mol. The summed E-state index contributed by atoms with van der Waals surface area (Å²) in [6.07, 6.45) is 0. The average Bonchev–Trinajstić information content (AvgIpc) is 2.77. The number of aryl methyl sites for hydroxylation is 1. The van der Waals surface area contributed by atoms with Gasteiger partial charge >= 0.3 is 0 Å². The number of nitrogens with two attached hydrogens (primary N) is 1. The number of benzene rings is 1. The second-order valence-corrected chi connectivity index (χ2v) is 5.25. The van der Waals surface area contributed by atoms with Crippen molar-refractivity contribution < 1.29 is 8.81 Å². The summed E-state index contributed by atoms with van der Waals surface area (Å²) in [6.45, 7) is 4.39. The third-order valence-corrected chi connectivity index (χ3v) is 3.40. The van der Waals surface area contributed by atoms with Gasteiger partial charge in [-0.05, 0) is 39.1 Å². The molecule has 0 saturated heterocycles. The molecule has 0 amide bonds. The normalized spacial score (nSPS) is 14.5. The van der Waals surface area contributed by atoms with Crippen LogP contribution in [0, 0.1) is 12.7 Å². The molecule has 108 valence electrons. The molecule has 1 aromatic carbocycles. The molecule has 0 bridgehead atoms. The van der Waals surface area contributed by atoms with Crippen molar-refractivity contribution in [1.29, 1.82) is 0 Å². The van der Waals surface area contributed by atoms with Crippen molar-refractivity contribution in [3.05, 3.63) is 59.3 Å². The molecule has 4 heteroatoms. The average molecular weight is 276 g/mol. The van der Waals surface area contributed by atoms with Crippen LogP contribution in [0.25, 0.3) is 0 Å². The van der Waals surface area contributed by atoms with Crippen molar-refractivity contribution in [3.8, 4) is 0 Å². The highest BCUT2D eigenvalue weighted by atomic mass is 19.1. The summed E-state index contributed by atoms with van der Waals surface area (Å²) >= 11 is 0. The van der Waals surface area contributed by atoms with Gasteiger partial charge in [-0.3, -0.25) is 4.90 Å². The fourth-order valence-corrected chi connectivity index (χ4v) is 2.55. The van der Waals surface area contributed by atoms with Gasteiger partial charge in [0.25, 0.3) is 0 Å². The van der Waals surface area contributed by atoms with Gasteiger partial charge in [-0.1, -0.05) is 18.2 Å². The van der Waals surface area contributed by atoms with Crippen molar-refractivity contribution in [2.45, 2.75) is 32.5 Å². The second kappa shape index (κ2) is 6.20. The molecule has 0 spiro atoms. The Morgan fingerprint density at radius 2 is 1.95 bits per heavy atom. The fraction of sp³-hybridized carbons (Fsp3) is 0.375. The lowest BCUT2D eigenvalue weighted by Gasteiger charge is -2.31. The maximum Gasteiger partial charge on any atom is 0.128 e. The van der Waals surface area contributed by atoms with Crippen LogP contribution in [-0.2, 0) is 6.54 Å². The van der Waals surface area contributed by atoms with Gasteiger partial charge in [0.2, 0.25) is 0 Å². The Kier molecular flexibility index (Phi) is 4.57. The summed E-state index contributed by atoms with van der Waals surface area (Å²) in [6, 6.07) is 10.3. The van der Waals surface area contributed by atoms with Crippen LogP contribution in [0.1, 0.15) is 30.0 Å². The summed E-state index contributed by atoms with van der Waals surface area (Å²) in [5.74, 6) is 1.50. The maximum absolute atomic E-state index is 14.0. The topological polar surface area (TPSA) is 42.4 Å². The lowest BCUT2D eigenvalue weighted by Crippen LogP contribution is -2.37. The Labute approximate surface area is 119 Å². The predicted molar refractivity (Wildman–Crippen MR) is 77.7 cm³/mol. The van der Waals surface area contributed by atoms with Crippen molar-refractivity contribution in [2.75, 3.05) is 7.05 Å². The molecule has 0 aliphatic carbocycles. The molecule has 0 aliphatic rings. The molecule has 1 aromatic heterocycles. The number of furan rings is 1. The summed E-state index contributed by atoms with van der Waals surface area (Å²) < 4.78 is 19.6. The van der Waals surface area contributed by atoms with Gasteiger partial charge in [-0.25, -0.2) is 4.39 Å². The van der Waals surface area contributed by atoms with E-state index in [2.05, 4.69) is 0 Å². The van der Waals surface area contributed by atoms with E-state index in [1.54, 1.807) is 12.1 Å². The lowest BCUT2D eigenvalue weighted by molar-refractivity contribution is 0.191. The van der Waals surface area contributed by atoms with Crippen molar-refractivity contribution in [1.82, 2.24) is 4.90 Å². The Morgan fingerprint density at radius 1 is 1.25 bits per heavy atom. The molecule has 0 fully saturated rings. The molecular formula is C16H21FN2O. The summed E-state index contributed by atoms with van der Waals surface area (Å²) in [5.41, 5.74) is 6.68. The largest absolute Gasteiger partial charge is 0.465 e. The highest BCUT2D eigenvalue weighted by molar-refractivity contribution is 5.23. The van der Waals surface area contributed by atoms with Crippen molar-refractivity contribution in [3.63, 3.8) is 0 Å². The first-order chi connectivity index (χ1) is 9.49. The zero-order chi connectivity index (χ0) is 14.7. The summed E-state index contributed by atoms with van der Waals surface area (Å²) in [4.78, 5) is 2.02. The first-order valence-corrected chi connectivity index (χ1v) is 6.74. The number of rotatable bonds is 5. The smallest absolute Gasteiger partial charge is 0.128 e. The molecule has 3 nitrogen and oxygen atoms in total. The minimum absolute atomic E-state index is 0.187. The summed E-state index contributed by atoms with van der Waals surface area (Å²) in [5, 5.41) is 0. The van der Waals surface area contributed by atoms with E-state index in [9.17, 15) is 4.39 Å². The zero-order valence-corrected chi connectivity index (χ0v) is 12.1. The second-order valence-electron chi connectivity index (χ2n) is 5.25. The van der Waals surface area contributed by atoms with Crippen LogP contribution in [0.5, 0.6) is 0 Å². The standard InChI is InChI=1S/C16H21FN2O/c1-11-8-9-13(20-11)10-19(3)16(12(2)18)14-6-4-5-7-15(14)17/h4-9,12,16H,10,18H2,1-3H3. The quantitative estimate of drug-likeness (QED) is 0.911. The van der Waals surface area contributed by atoms with Crippen LogP contribution >= 0.6 is 0 Å². The van der Waals surface area contributed by atoms with Gasteiger partial charge in [0.05, 0.1) is 12.6 Å². The summed E-state index contributed by atoms with van der Waals surface area (Å²) in [7, 11) is 1.93. The Hall–Kier alpha value is -1.65. The highest BCUT2D eigenvalue weighted by Crippen LogP contribution is 2.26. The molecule has 2 N–H and O–H groups in total. The van der Waals surface area contributed by atoms with Crippen LogP contribution in [0.3, 0.4) is 0 Å². The molecule has 20 heavy (non-hydrogen) atoms. The molecule has 0 saturated carbocycles. The van der Waals surface area contributed by atoms with Gasteiger partial charge < -0.3 is 10.2 Å². The van der Waals surface area contributed by atoms with E-state index in [4.69, 9.17) is 10.2 Å². The van der Waals surface area contributed by atoms with E-state index in [-0.39, 0.29) is 17.9 Å². The van der Waals surface area contributed by atoms with E-state index in [0.29, 0.717) is 12.1 Å². The van der Waals surface area contributed by atoms with E-state index in [1.807, 2.05) is 44.0 Å². The Morgan fingerprint density at radius 3 is 2.50 bits per heavy atom. The fourth-order valence-electron chi connectivity index (χ4n) is 2.55. The number of hydrogen-bond acceptors (Lipinski definition) is 3. The number of halogens is 1. The number of nitrogens with zero attached hydrogens (tertiary/aromatic N) is 1. The minimum Gasteiger partial charge on any atom is -0.465 e. The van der Waals surface area contributed by atoms with Gasteiger partial charge in [0, 0.05) is 11.6 Å². The minimum atomic E-state index is -0.225. The third kappa shape index (κ3) is 3.26. The first kappa shape index (κ1) is 14.8. The molecule has 2 atom stereocenters.